The molecule has 2 aromatic rings. The molecule has 1 aliphatic carbocycles. The Kier molecular flexibility index (Phi) is 5.20. The fraction of sp³-hybridized carbons (Fsp3) is 0.526. The lowest BCUT2D eigenvalue weighted by atomic mass is 10.1. The first-order valence-corrected chi connectivity index (χ1v) is 10.3. The Hall–Kier alpha value is -3.26. The number of hydrogen-bond acceptors (Lipinski definition) is 10. The van der Waals surface area contributed by atoms with Gasteiger partial charge in [-0.3, -0.25) is 4.90 Å². The third-order valence-corrected chi connectivity index (χ3v) is 5.88. The summed E-state index contributed by atoms with van der Waals surface area (Å²) in [6.07, 6.45) is -5.25. The number of rotatable bonds is 3. The van der Waals surface area contributed by atoms with E-state index >= 15 is 0 Å². The van der Waals surface area contributed by atoms with Gasteiger partial charge in [0, 0.05) is 30.9 Å². The van der Waals surface area contributed by atoms with Crippen LogP contribution < -0.4 is 15.5 Å². The fourth-order valence-corrected chi connectivity index (χ4v) is 4.32. The minimum atomic E-state index is -4.82. The van der Waals surface area contributed by atoms with Crippen molar-refractivity contribution in [1.29, 1.82) is 0 Å². The minimum absolute atomic E-state index is 0.0676. The molecule has 0 aromatic carbocycles. The van der Waals surface area contributed by atoms with Crippen molar-refractivity contribution in [3.63, 3.8) is 0 Å². The molecular formula is C19H20F3N7O4. The highest BCUT2D eigenvalue weighted by Gasteiger charge is 2.51. The number of carbonyl (C=O) groups excluding carboxylic acids is 1. The van der Waals surface area contributed by atoms with Gasteiger partial charge in [-0.15, -0.1) is 0 Å². The van der Waals surface area contributed by atoms with Crippen LogP contribution >= 0.6 is 0 Å². The monoisotopic (exact) mass is 467 g/mol. The maximum absolute atomic E-state index is 13.7. The highest BCUT2D eigenvalue weighted by molar-refractivity contribution is 5.91. The maximum atomic E-state index is 13.7. The van der Waals surface area contributed by atoms with E-state index in [1.54, 1.807) is 4.90 Å². The number of aromatic nitrogens is 4. The second-order valence-electron chi connectivity index (χ2n) is 7.93. The third kappa shape index (κ3) is 3.88. The van der Waals surface area contributed by atoms with Crippen LogP contribution in [-0.2, 0) is 15.7 Å². The van der Waals surface area contributed by atoms with E-state index in [1.807, 2.05) is 0 Å². The van der Waals surface area contributed by atoms with E-state index in [1.165, 1.54) is 11.0 Å². The van der Waals surface area contributed by atoms with Gasteiger partial charge >= 0.3 is 12.3 Å². The first kappa shape index (κ1) is 21.6. The molecule has 14 heteroatoms. The number of aliphatic hydroxyl groups is 1. The molecule has 0 spiro atoms. The molecule has 5 rings (SSSR count). The summed E-state index contributed by atoms with van der Waals surface area (Å²) in [5, 5.41) is 10.1. The highest BCUT2D eigenvalue weighted by Crippen LogP contribution is 2.40. The molecule has 176 valence electrons. The van der Waals surface area contributed by atoms with Crippen molar-refractivity contribution in [2.24, 2.45) is 0 Å². The summed E-state index contributed by atoms with van der Waals surface area (Å²) in [6.45, 7) is 1.62. The third-order valence-electron chi connectivity index (χ3n) is 5.88. The molecule has 3 atom stereocenters. The molecule has 0 bridgehead atoms. The largest absolute Gasteiger partial charge is 0.441 e. The summed E-state index contributed by atoms with van der Waals surface area (Å²) < 4.78 is 51.8. The van der Waals surface area contributed by atoms with Crippen molar-refractivity contribution in [3.8, 4) is 11.3 Å². The summed E-state index contributed by atoms with van der Waals surface area (Å²) >= 11 is 0. The van der Waals surface area contributed by atoms with Crippen LogP contribution in [0.15, 0.2) is 12.3 Å². The highest BCUT2D eigenvalue weighted by atomic mass is 19.4. The zero-order valence-corrected chi connectivity index (χ0v) is 17.2. The number of aliphatic hydroxyl groups excluding tert-OH is 1. The molecule has 1 unspecified atom stereocenters. The van der Waals surface area contributed by atoms with Crippen LogP contribution in [0.3, 0.4) is 0 Å². The lowest BCUT2D eigenvalue weighted by Gasteiger charge is -2.28. The molecule has 11 nitrogen and oxygen atoms in total. The van der Waals surface area contributed by atoms with Crippen LogP contribution in [-0.4, -0.2) is 75.7 Å². The van der Waals surface area contributed by atoms with Gasteiger partial charge in [0.25, 0.3) is 0 Å². The summed E-state index contributed by atoms with van der Waals surface area (Å²) in [4.78, 5) is 31.5. The molecule has 3 N–H and O–H groups in total. The van der Waals surface area contributed by atoms with E-state index in [-0.39, 0.29) is 17.5 Å². The van der Waals surface area contributed by atoms with Gasteiger partial charge in [-0.25, -0.2) is 19.7 Å². The number of nitrogens with zero attached hydrogens (tertiary/aromatic N) is 6. The van der Waals surface area contributed by atoms with Crippen LogP contribution in [0.25, 0.3) is 11.3 Å². The van der Waals surface area contributed by atoms with E-state index in [4.69, 9.17) is 15.2 Å². The smallest absolute Gasteiger partial charge is 0.434 e. The second-order valence-corrected chi connectivity index (χ2v) is 7.93. The summed E-state index contributed by atoms with van der Waals surface area (Å²) in [6, 6.07) is 0.778. The quantitative estimate of drug-likeness (QED) is 0.677. The molecule has 1 saturated carbocycles. The van der Waals surface area contributed by atoms with E-state index in [2.05, 4.69) is 19.9 Å². The number of anilines is 3. The first-order valence-electron chi connectivity index (χ1n) is 10.3. The van der Waals surface area contributed by atoms with Crippen molar-refractivity contribution < 1.29 is 32.5 Å². The standard InChI is InChI=1S/C19H20F3N7O4/c20-19(21,22)15-9(8-24-16(23)27-15)10-7-13(26-17(25-10)28-3-5-32-6-4-28)29-11-1-2-12(30)14(11)33-18(29)31/h7-8,11-12,14,30H,1-6H2,(H2,23,24,27)/t11-,12-,14?/m1/s1. The van der Waals surface area contributed by atoms with Crippen molar-refractivity contribution >= 4 is 23.8 Å². The second kappa shape index (κ2) is 7.95. The van der Waals surface area contributed by atoms with E-state index in [0.29, 0.717) is 39.1 Å². The van der Waals surface area contributed by atoms with Crippen LogP contribution in [0.2, 0.25) is 0 Å². The topological polar surface area (TPSA) is 140 Å². The Morgan fingerprint density at radius 1 is 1.15 bits per heavy atom. The van der Waals surface area contributed by atoms with E-state index in [9.17, 15) is 23.1 Å². The van der Waals surface area contributed by atoms with Crippen molar-refractivity contribution in [1.82, 2.24) is 19.9 Å². The van der Waals surface area contributed by atoms with Crippen molar-refractivity contribution in [2.45, 2.75) is 37.3 Å². The lowest BCUT2D eigenvalue weighted by Crippen LogP contribution is -2.39. The first-order chi connectivity index (χ1) is 15.7. The number of alkyl halides is 3. The van der Waals surface area contributed by atoms with Gasteiger partial charge in [0.1, 0.15) is 5.82 Å². The van der Waals surface area contributed by atoms with Gasteiger partial charge in [0.2, 0.25) is 11.9 Å². The Bertz CT molecular complexity index is 1080. The molecule has 33 heavy (non-hydrogen) atoms. The zero-order valence-electron chi connectivity index (χ0n) is 17.2. The molecule has 1 amide bonds. The van der Waals surface area contributed by atoms with Crippen molar-refractivity contribution in [2.75, 3.05) is 41.8 Å². The van der Waals surface area contributed by atoms with Gasteiger partial charge in [-0.1, -0.05) is 0 Å². The van der Waals surface area contributed by atoms with Crippen LogP contribution in [0.5, 0.6) is 0 Å². The van der Waals surface area contributed by atoms with Crippen LogP contribution in [0.4, 0.5) is 35.7 Å². The van der Waals surface area contributed by atoms with E-state index in [0.717, 1.165) is 6.20 Å². The Morgan fingerprint density at radius 2 is 1.91 bits per heavy atom. The summed E-state index contributed by atoms with van der Waals surface area (Å²) in [5.41, 5.74) is 3.63. The van der Waals surface area contributed by atoms with E-state index < -0.39 is 47.7 Å². The zero-order chi connectivity index (χ0) is 23.3. The molecule has 3 aliphatic rings. The van der Waals surface area contributed by atoms with Gasteiger partial charge in [-0.05, 0) is 12.8 Å². The van der Waals surface area contributed by atoms with Gasteiger partial charge in [0.15, 0.2) is 11.8 Å². The molecular weight excluding hydrogens is 447 g/mol. The predicted molar refractivity (Wildman–Crippen MR) is 107 cm³/mol. The van der Waals surface area contributed by atoms with Crippen molar-refractivity contribution in [3.05, 3.63) is 18.0 Å². The predicted octanol–water partition coefficient (Wildman–Crippen LogP) is 1.22. The number of amides is 1. The van der Waals surface area contributed by atoms with Gasteiger partial charge in [0.05, 0.1) is 31.1 Å². The minimum Gasteiger partial charge on any atom is -0.441 e. The molecule has 0 radical (unpaired) electrons. The number of nitrogens with two attached hydrogens (primary N) is 1. The number of morpholine rings is 1. The maximum Gasteiger partial charge on any atom is 0.434 e. The molecule has 2 saturated heterocycles. The number of carbonyl (C=O) groups is 1. The lowest BCUT2D eigenvalue weighted by molar-refractivity contribution is -0.140. The average molecular weight is 467 g/mol. The molecule has 2 aromatic heterocycles. The summed E-state index contributed by atoms with van der Waals surface area (Å²) in [7, 11) is 0. The average Bonchev–Trinajstić information content (AvgIpc) is 3.31. The fourth-order valence-electron chi connectivity index (χ4n) is 4.32. The van der Waals surface area contributed by atoms with Gasteiger partial charge < -0.3 is 25.2 Å². The Morgan fingerprint density at radius 3 is 2.64 bits per heavy atom. The van der Waals surface area contributed by atoms with Crippen LogP contribution in [0.1, 0.15) is 18.5 Å². The van der Waals surface area contributed by atoms with Gasteiger partial charge in [-0.2, -0.15) is 18.2 Å². The van der Waals surface area contributed by atoms with Crippen LogP contribution in [0, 0.1) is 0 Å². The Labute approximate surface area is 185 Å². The number of nitrogen functional groups attached to an aromatic ring is 1. The summed E-state index contributed by atoms with van der Waals surface area (Å²) in [5.74, 6) is -0.330. The molecule has 2 aliphatic heterocycles. The number of hydrogen-bond donors (Lipinski definition) is 2. The number of fused-ring (bicyclic) bond motifs is 1. The number of halogens is 3. The SMILES string of the molecule is Nc1ncc(-c2cc(N3C(=O)OC4[C@H](O)CC[C@H]43)nc(N3CCOCC3)n2)c(C(F)(F)F)n1. The normalized spacial score (nSPS) is 25.3. The molecule has 4 heterocycles. The molecule has 3 fully saturated rings. The Balaban J connectivity index is 1.64. The number of ether oxygens (including phenoxy) is 2.